The van der Waals surface area contributed by atoms with Crippen molar-refractivity contribution in [1.82, 2.24) is 15.2 Å². The topological polar surface area (TPSA) is 65.2 Å². The molecule has 2 heterocycles. The molecule has 0 aliphatic carbocycles. The van der Waals surface area contributed by atoms with Crippen molar-refractivity contribution in [2.45, 2.75) is 40.0 Å². The lowest BCUT2D eigenvalue weighted by molar-refractivity contribution is -0.126. The molecule has 1 aromatic heterocycles. The first kappa shape index (κ1) is 17.5. The van der Waals surface area contributed by atoms with E-state index in [1.165, 1.54) is 5.56 Å². The van der Waals surface area contributed by atoms with Gasteiger partial charge in [0.05, 0.1) is 0 Å². The molecule has 25 heavy (non-hydrogen) atoms. The minimum Gasteiger partial charge on any atom is -0.358 e. The average molecular weight is 341 g/mol. The quantitative estimate of drug-likeness (QED) is 0.897. The van der Waals surface area contributed by atoms with Gasteiger partial charge in [0.2, 0.25) is 5.91 Å². The number of hydrogen-bond donors (Lipinski definition) is 2. The van der Waals surface area contributed by atoms with Crippen molar-refractivity contribution in [1.29, 1.82) is 0 Å². The van der Waals surface area contributed by atoms with Gasteiger partial charge in [0, 0.05) is 47.7 Å². The molecule has 1 fully saturated rings. The Bertz CT molecular complexity index is 786. The first-order chi connectivity index (χ1) is 12.0. The first-order valence-electron chi connectivity index (χ1n) is 9.17. The number of rotatable bonds is 4. The summed E-state index contributed by atoms with van der Waals surface area (Å²) in [5, 5.41) is 4.07. The molecule has 0 unspecified atom stereocenters. The zero-order valence-corrected chi connectivity index (χ0v) is 15.3. The third-order valence-corrected chi connectivity index (χ3v) is 5.26. The molecule has 1 saturated heterocycles. The number of carbonyl (C=O) groups excluding carboxylic acids is 2. The number of nitrogens with one attached hydrogen (secondary N) is 2. The number of H-pyrrole nitrogens is 1. The maximum atomic E-state index is 12.8. The number of benzene rings is 1. The van der Waals surface area contributed by atoms with Crippen LogP contribution in [0.3, 0.4) is 0 Å². The fourth-order valence-corrected chi connectivity index (χ4v) is 3.51. The number of aryl methyl sites for hydroxylation is 2. The lowest BCUT2D eigenvalue weighted by atomic mass is 9.95. The molecule has 5 heteroatoms. The molecular weight excluding hydrogens is 314 g/mol. The molecule has 3 rings (SSSR count). The van der Waals surface area contributed by atoms with Gasteiger partial charge in [0.25, 0.3) is 5.91 Å². The van der Waals surface area contributed by atoms with Gasteiger partial charge in [-0.05, 0) is 56.9 Å². The number of hydrogen-bond acceptors (Lipinski definition) is 2. The molecule has 1 aliphatic heterocycles. The average Bonchev–Trinajstić information content (AvgIpc) is 2.93. The van der Waals surface area contributed by atoms with Crippen molar-refractivity contribution < 1.29 is 9.59 Å². The SMILES string of the molecule is CCCNC(=O)C1CCN(C(=O)c2ccc3[nH]c(C)c(C)c3c2)CC1. The van der Waals surface area contributed by atoms with Crippen molar-refractivity contribution in [2.75, 3.05) is 19.6 Å². The lowest BCUT2D eigenvalue weighted by Crippen LogP contribution is -2.43. The molecular formula is C20H27N3O2. The van der Waals surface area contributed by atoms with Gasteiger partial charge in [0.1, 0.15) is 0 Å². The van der Waals surface area contributed by atoms with E-state index in [9.17, 15) is 9.59 Å². The molecule has 2 amide bonds. The Kier molecular flexibility index (Phi) is 5.11. The van der Waals surface area contributed by atoms with Gasteiger partial charge in [0.15, 0.2) is 0 Å². The van der Waals surface area contributed by atoms with Crippen LogP contribution in [0.2, 0.25) is 0 Å². The van der Waals surface area contributed by atoms with Crippen molar-refractivity contribution in [3.05, 3.63) is 35.0 Å². The molecule has 5 nitrogen and oxygen atoms in total. The van der Waals surface area contributed by atoms with Crippen LogP contribution in [0.5, 0.6) is 0 Å². The largest absolute Gasteiger partial charge is 0.358 e. The number of aromatic nitrogens is 1. The van der Waals surface area contributed by atoms with Gasteiger partial charge < -0.3 is 15.2 Å². The smallest absolute Gasteiger partial charge is 0.253 e. The molecule has 1 aliphatic rings. The summed E-state index contributed by atoms with van der Waals surface area (Å²) in [5.41, 5.74) is 4.12. The monoisotopic (exact) mass is 341 g/mol. The predicted molar refractivity (Wildman–Crippen MR) is 99.7 cm³/mol. The summed E-state index contributed by atoms with van der Waals surface area (Å²) < 4.78 is 0. The van der Waals surface area contributed by atoms with E-state index in [0.717, 1.165) is 48.0 Å². The normalized spacial score (nSPS) is 15.6. The number of fused-ring (bicyclic) bond motifs is 1. The molecule has 0 radical (unpaired) electrons. The van der Waals surface area contributed by atoms with Crippen molar-refractivity contribution in [3.63, 3.8) is 0 Å². The van der Waals surface area contributed by atoms with E-state index in [1.807, 2.05) is 36.9 Å². The molecule has 1 aromatic carbocycles. The number of aromatic amines is 1. The summed E-state index contributed by atoms with van der Waals surface area (Å²) in [6.45, 7) is 8.19. The van der Waals surface area contributed by atoms with Crippen LogP contribution in [0.25, 0.3) is 10.9 Å². The molecule has 0 saturated carbocycles. The highest BCUT2D eigenvalue weighted by Gasteiger charge is 2.27. The summed E-state index contributed by atoms with van der Waals surface area (Å²) >= 11 is 0. The van der Waals surface area contributed by atoms with Gasteiger partial charge in [-0.25, -0.2) is 0 Å². The first-order valence-corrected chi connectivity index (χ1v) is 9.17. The van der Waals surface area contributed by atoms with E-state index in [-0.39, 0.29) is 17.7 Å². The second kappa shape index (κ2) is 7.30. The van der Waals surface area contributed by atoms with Crippen LogP contribution in [0.15, 0.2) is 18.2 Å². The Morgan fingerprint density at radius 1 is 1.24 bits per heavy atom. The third-order valence-electron chi connectivity index (χ3n) is 5.26. The summed E-state index contributed by atoms with van der Waals surface area (Å²) in [7, 11) is 0. The van der Waals surface area contributed by atoms with E-state index < -0.39 is 0 Å². The van der Waals surface area contributed by atoms with E-state index in [4.69, 9.17) is 0 Å². The second-order valence-corrected chi connectivity index (χ2v) is 6.99. The highest BCUT2D eigenvalue weighted by Crippen LogP contribution is 2.24. The summed E-state index contributed by atoms with van der Waals surface area (Å²) in [4.78, 5) is 30.1. The second-order valence-electron chi connectivity index (χ2n) is 6.99. The zero-order valence-electron chi connectivity index (χ0n) is 15.3. The summed E-state index contributed by atoms with van der Waals surface area (Å²) in [5.74, 6) is 0.231. The van der Waals surface area contributed by atoms with E-state index in [1.54, 1.807) is 0 Å². The van der Waals surface area contributed by atoms with Crippen LogP contribution in [0.4, 0.5) is 0 Å². The maximum Gasteiger partial charge on any atom is 0.253 e. The van der Waals surface area contributed by atoms with Crippen molar-refractivity contribution >= 4 is 22.7 Å². The number of likely N-dealkylation sites (tertiary alicyclic amines) is 1. The Morgan fingerprint density at radius 2 is 1.96 bits per heavy atom. The molecule has 0 spiro atoms. The molecule has 2 aromatic rings. The van der Waals surface area contributed by atoms with Crippen LogP contribution in [0.1, 0.15) is 47.8 Å². The fourth-order valence-electron chi connectivity index (χ4n) is 3.51. The highest BCUT2D eigenvalue weighted by atomic mass is 16.2. The van der Waals surface area contributed by atoms with E-state index in [2.05, 4.69) is 17.2 Å². The Labute approximate surface area is 148 Å². The molecule has 134 valence electrons. The third kappa shape index (κ3) is 3.55. The predicted octanol–water partition coefficient (Wildman–Crippen LogP) is 3.16. The number of amides is 2. The zero-order chi connectivity index (χ0) is 18.0. The van der Waals surface area contributed by atoms with Crippen LogP contribution >= 0.6 is 0 Å². The molecule has 0 bridgehead atoms. The van der Waals surface area contributed by atoms with Crippen LogP contribution in [-0.4, -0.2) is 41.3 Å². The summed E-state index contributed by atoms with van der Waals surface area (Å²) in [6.07, 6.45) is 2.43. The highest BCUT2D eigenvalue weighted by molar-refractivity contribution is 5.99. The van der Waals surface area contributed by atoms with E-state index in [0.29, 0.717) is 13.1 Å². The van der Waals surface area contributed by atoms with Crippen molar-refractivity contribution in [3.8, 4) is 0 Å². The van der Waals surface area contributed by atoms with Gasteiger partial charge in [-0.15, -0.1) is 0 Å². The minimum absolute atomic E-state index is 0.0349. The van der Waals surface area contributed by atoms with Crippen LogP contribution in [0, 0.1) is 19.8 Å². The molecule has 0 atom stereocenters. The Balaban J connectivity index is 1.66. The van der Waals surface area contributed by atoms with Crippen molar-refractivity contribution in [2.24, 2.45) is 5.92 Å². The number of carbonyl (C=O) groups is 2. The molecule has 2 N–H and O–H groups in total. The van der Waals surface area contributed by atoms with E-state index >= 15 is 0 Å². The van der Waals surface area contributed by atoms with Gasteiger partial charge in [-0.1, -0.05) is 6.92 Å². The van der Waals surface area contributed by atoms with Crippen LogP contribution in [-0.2, 0) is 4.79 Å². The van der Waals surface area contributed by atoms with Gasteiger partial charge in [-0.2, -0.15) is 0 Å². The minimum atomic E-state index is 0.0349. The standard InChI is InChI=1S/C20H27N3O2/c1-4-9-21-19(24)15-7-10-23(11-8-15)20(25)16-5-6-18-17(12-16)13(2)14(3)22-18/h5-6,12,15,22H,4,7-11H2,1-3H3,(H,21,24). The lowest BCUT2D eigenvalue weighted by Gasteiger charge is -2.31. The summed E-state index contributed by atoms with van der Waals surface area (Å²) in [6, 6.07) is 5.85. The Hall–Kier alpha value is -2.30. The van der Waals surface area contributed by atoms with Gasteiger partial charge >= 0.3 is 0 Å². The van der Waals surface area contributed by atoms with Crippen LogP contribution < -0.4 is 5.32 Å². The maximum absolute atomic E-state index is 12.8. The Morgan fingerprint density at radius 3 is 2.64 bits per heavy atom. The number of piperidine rings is 1. The fraction of sp³-hybridized carbons (Fsp3) is 0.500. The van der Waals surface area contributed by atoms with Gasteiger partial charge in [-0.3, -0.25) is 9.59 Å². The number of nitrogens with zero attached hydrogens (tertiary/aromatic N) is 1.